The number of rotatable bonds is 5. The fourth-order valence-corrected chi connectivity index (χ4v) is 1.34. The summed E-state index contributed by atoms with van der Waals surface area (Å²) in [4.78, 5) is 0. The maximum atomic E-state index is 5.59. The zero-order valence-corrected chi connectivity index (χ0v) is 7.47. The summed E-state index contributed by atoms with van der Waals surface area (Å²) in [5, 5.41) is 3.54. The molecule has 0 aliphatic heterocycles. The second kappa shape index (κ2) is 4.73. The monoisotopic (exact) mass is 156 g/mol. The number of nitrogens with two attached hydrogens (primary N) is 1. The zero-order chi connectivity index (χ0) is 8.10. The molecule has 0 aromatic heterocycles. The first-order valence-electron chi connectivity index (χ1n) is 4.80. The van der Waals surface area contributed by atoms with Crippen molar-refractivity contribution in [1.82, 2.24) is 5.32 Å². The molecule has 0 saturated heterocycles. The van der Waals surface area contributed by atoms with Gasteiger partial charge in [0.05, 0.1) is 0 Å². The Morgan fingerprint density at radius 1 is 1.55 bits per heavy atom. The molecule has 0 aromatic carbocycles. The fourth-order valence-electron chi connectivity index (χ4n) is 1.34. The minimum absolute atomic E-state index is 0.690. The van der Waals surface area contributed by atoms with Crippen LogP contribution in [0.15, 0.2) is 0 Å². The molecular weight excluding hydrogens is 136 g/mol. The van der Waals surface area contributed by atoms with Gasteiger partial charge in [0, 0.05) is 6.04 Å². The maximum absolute atomic E-state index is 5.59. The van der Waals surface area contributed by atoms with Gasteiger partial charge in [-0.25, -0.2) is 0 Å². The molecule has 1 unspecified atom stereocenters. The molecule has 1 aliphatic carbocycles. The molecule has 0 amide bonds. The Labute approximate surface area is 69.5 Å². The maximum Gasteiger partial charge on any atom is 0.00672 e. The number of hydrogen-bond acceptors (Lipinski definition) is 2. The summed E-state index contributed by atoms with van der Waals surface area (Å²) in [6.45, 7) is 4.16. The Hall–Kier alpha value is -0.0800. The molecule has 0 radical (unpaired) electrons. The van der Waals surface area contributed by atoms with Crippen molar-refractivity contribution < 1.29 is 0 Å². The van der Waals surface area contributed by atoms with Crippen molar-refractivity contribution in [3.8, 4) is 0 Å². The third-order valence-corrected chi connectivity index (χ3v) is 2.71. The van der Waals surface area contributed by atoms with E-state index in [-0.39, 0.29) is 0 Å². The predicted octanol–water partition coefficient (Wildman–Crippen LogP) is 1.11. The number of hydrogen-bond donors (Lipinski definition) is 2. The molecule has 11 heavy (non-hydrogen) atoms. The van der Waals surface area contributed by atoms with Crippen LogP contribution >= 0.6 is 0 Å². The summed E-state index contributed by atoms with van der Waals surface area (Å²) in [7, 11) is 0. The lowest BCUT2D eigenvalue weighted by Gasteiger charge is -2.28. The van der Waals surface area contributed by atoms with Crippen LogP contribution in [0, 0.1) is 5.92 Å². The molecule has 0 spiro atoms. The van der Waals surface area contributed by atoms with Crippen LogP contribution in [0.4, 0.5) is 0 Å². The van der Waals surface area contributed by atoms with E-state index < -0.39 is 0 Å². The summed E-state index contributed by atoms with van der Waals surface area (Å²) in [6.07, 6.45) is 5.37. The topological polar surface area (TPSA) is 38.0 Å². The van der Waals surface area contributed by atoms with Crippen molar-refractivity contribution in [2.24, 2.45) is 11.7 Å². The first kappa shape index (κ1) is 9.01. The van der Waals surface area contributed by atoms with Crippen molar-refractivity contribution in [2.75, 3.05) is 13.1 Å². The minimum Gasteiger partial charge on any atom is -0.330 e. The van der Waals surface area contributed by atoms with Crippen molar-refractivity contribution in [1.29, 1.82) is 0 Å². The predicted molar refractivity (Wildman–Crippen MR) is 48.5 cm³/mol. The van der Waals surface area contributed by atoms with Crippen LogP contribution in [0.3, 0.4) is 0 Å². The van der Waals surface area contributed by atoms with E-state index in [1.807, 2.05) is 0 Å². The highest BCUT2D eigenvalue weighted by atomic mass is 14.9. The van der Waals surface area contributed by atoms with Crippen molar-refractivity contribution in [3.63, 3.8) is 0 Å². The highest BCUT2D eigenvalue weighted by molar-refractivity contribution is 4.77. The van der Waals surface area contributed by atoms with Gasteiger partial charge in [0.2, 0.25) is 0 Å². The van der Waals surface area contributed by atoms with Gasteiger partial charge in [-0.2, -0.15) is 0 Å². The lowest BCUT2D eigenvalue weighted by atomic mass is 9.92. The summed E-state index contributed by atoms with van der Waals surface area (Å²) < 4.78 is 0. The molecule has 3 N–H and O–H groups in total. The minimum atomic E-state index is 0.690. The van der Waals surface area contributed by atoms with E-state index in [1.54, 1.807) is 0 Å². The fraction of sp³-hybridized carbons (Fsp3) is 1.00. The van der Waals surface area contributed by atoms with E-state index in [0.29, 0.717) is 5.92 Å². The van der Waals surface area contributed by atoms with E-state index in [0.717, 1.165) is 19.1 Å². The van der Waals surface area contributed by atoms with Crippen LogP contribution in [0.25, 0.3) is 0 Å². The van der Waals surface area contributed by atoms with Gasteiger partial charge in [0.15, 0.2) is 0 Å². The molecule has 2 heteroatoms. The van der Waals surface area contributed by atoms with E-state index >= 15 is 0 Å². The molecule has 1 fully saturated rings. The van der Waals surface area contributed by atoms with Gasteiger partial charge in [-0.05, 0) is 31.8 Å². The van der Waals surface area contributed by atoms with E-state index in [9.17, 15) is 0 Å². The largest absolute Gasteiger partial charge is 0.330 e. The Bertz CT molecular complexity index is 95.7. The van der Waals surface area contributed by atoms with Gasteiger partial charge in [-0.1, -0.05) is 19.8 Å². The second-order valence-electron chi connectivity index (χ2n) is 3.55. The Balaban J connectivity index is 1.99. The summed E-state index contributed by atoms with van der Waals surface area (Å²) in [5.41, 5.74) is 5.59. The highest BCUT2D eigenvalue weighted by Gasteiger charge is 2.17. The average molecular weight is 156 g/mol. The van der Waals surface area contributed by atoms with E-state index in [1.165, 1.54) is 25.7 Å². The van der Waals surface area contributed by atoms with Crippen LogP contribution < -0.4 is 11.1 Å². The normalized spacial score (nSPS) is 21.3. The number of nitrogens with one attached hydrogen (secondary N) is 1. The Morgan fingerprint density at radius 2 is 2.27 bits per heavy atom. The average Bonchev–Trinajstić information content (AvgIpc) is 1.95. The Kier molecular flexibility index (Phi) is 3.87. The quantitative estimate of drug-likeness (QED) is 0.626. The zero-order valence-electron chi connectivity index (χ0n) is 7.47. The van der Waals surface area contributed by atoms with Gasteiger partial charge in [0.25, 0.3) is 0 Å². The molecule has 2 nitrogen and oxygen atoms in total. The Morgan fingerprint density at radius 3 is 2.64 bits per heavy atom. The third-order valence-electron chi connectivity index (χ3n) is 2.71. The first-order valence-corrected chi connectivity index (χ1v) is 4.80. The molecule has 66 valence electrons. The lowest BCUT2D eigenvalue weighted by Crippen LogP contribution is -2.39. The molecule has 0 bridgehead atoms. The molecular formula is C9H20N2. The van der Waals surface area contributed by atoms with Crippen molar-refractivity contribution in [2.45, 2.75) is 38.6 Å². The second-order valence-corrected chi connectivity index (χ2v) is 3.55. The van der Waals surface area contributed by atoms with Gasteiger partial charge < -0.3 is 11.1 Å². The van der Waals surface area contributed by atoms with E-state index in [2.05, 4.69) is 12.2 Å². The summed E-state index contributed by atoms with van der Waals surface area (Å²) in [6, 6.07) is 0.815. The van der Waals surface area contributed by atoms with Crippen molar-refractivity contribution in [3.05, 3.63) is 0 Å². The van der Waals surface area contributed by atoms with Gasteiger partial charge in [-0.3, -0.25) is 0 Å². The third kappa shape index (κ3) is 2.80. The van der Waals surface area contributed by atoms with Crippen LogP contribution in [-0.4, -0.2) is 19.1 Å². The SMILES string of the molecule is CCC(CN)CNC1CCC1. The molecule has 1 atom stereocenters. The van der Waals surface area contributed by atoms with Crippen molar-refractivity contribution >= 4 is 0 Å². The standard InChI is InChI=1S/C9H20N2/c1-2-8(6-10)7-11-9-4-3-5-9/h8-9,11H,2-7,10H2,1H3. The smallest absolute Gasteiger partial charge is 0.00672 e. The van der Waals surface area contributed by atoms with E-state index in [4.69, 9.17) is 5.73 Å². The van der Waals surface area contributed by atoms with Crippen LogP contribution in [0.1, 0.15) is 32.6 Å². The first-order chi connectivity index (χ1) is 5.36. The lowest BCUT2D eigenvalue weighted by molar-refractivity contribution is 0.315. The van der Waals surface area contributed by atoms with Crippen LogP contribution in [0.5, 0.6) is 0 Å². The van der Waals surface area contributed by atoms with Gasteiger partial charge >= 0.3 is 0 Å². The molecule has 1 aliphatic rings. The molecule has 1 rings (SSSR count). The highest BCUT2D eigenvalue weighted by Crippen LogP contribution is 2.18. The summed E-state index contributed by atoms with van der Waals surface area (Å²) >= 11 is 0. The van der Waals surface area contributed by atoms with Crippen LogP contribution in [0.2, 0.25) is 0 Å². The molecule has 1 saturated carbocycles. The summed E-state index contributed by atoms with van der Waals surface area (Å²) in [5.74, 6) is 0.690. The molecule has 0 aromatic rings. The van der Waals surface area contributed by atoms with Gasteiger partial charge in [0.1, 0.15) is 0 Å². The molecule has 0 heterocycles. The van der Waals surface area contributed by atoms with Crippen LogP contribution in [-0.2, 0) is 0 Å². The van der Waals surface area contributed by atoms with Gasteiger partial charge in [-0.15, -0.1) is 0 Å².